The van der Waals surface area contributed by atoms with E-state index in [1.165, 1.54) is 0 Å². The molecule has 3 rings (SSSR count). The zero-order valence-corrected chi connectivity index (χ0v) is 13.3. The number of hydrogen-bond acceptors (Lipinski definition) is 3. The molecule has 1 amide bonds. The molecule has 23 heavy (non-hydrogen) atoms. The summed E-state index contributed by atoms with van der Waals surface area (Å²) in [7, 11) is 0. The summed E-state index contributed by atoms with van der Waals surface area (Å²) >= 11 is 0. The number of rotatable bonds is 6. The van der Waals surface area contributed by atoms with Crippen molar-refractivity contribution in [1.29, 1.82) is 0 Å². The van der Waals surface area contributed by atoms with Crippen molar-refractivity contribution in [3.8, 4) is 5.69 Å². The molecule has 0 saturated carbocycles. The molecule has 2 heterocycles. The van der Waals surface area contributed by atoms with Gasteiger partial charge in [0.05, 0.1) is 13.2 Å². The van der Waals surface area contributed by atoms with Gasteiger partial charge in [-0.1, -0.05) is 0 Å². The number of morpholine rings is 1. The fourth-order valence-electron chi connectivity index (χ4n) is 2.72. The molecule has 1 fully saturated rings. The fraction of sp³-hybridized carbons (Fsp3) is 0.389. The lowest BCUT2D eigenvalue weighted by Crippen LogP contribution is -2.38. The number of benzene rings is 1. The van der Waals surface area contributed by atoms with Crippen molar-refractivity contribution in [2.75, 3.05) is 39.4 Å². The number of amides is 1. The van der Waals surface area contributed by atoms with Crippen molar-refractivity contribution in [1.82, 2.24) is 14.8 Å². The Balaban J connectivity index is 1.43. The minimum absolute atomic E-state index is 0.00830. The molecule has 2 aromatic rings. The molecule has 122 valence electrons. The highest BCUT2D eigenvalue weighted by atomic mass is 16.5. The SMILES string of the molecule is O=C(NCCCN1CCOCC1)c1ccc(-n2cccc2)cc1. The van der Waals surface area contributed by atoms with Crippen LogP contribution in [0.3, 0.4) is 0 Å². The van der Waals surface area contributed by atoms with Crippen molar-refractivity contribution in [3.63, 3.8) is 0 Å². The highest BCUT2D eigenvalue weighted by Crippen LogP contribution is 2.10. The molecule has 1 N–H and O–H groups in total. The standard InChI is InChI=1S/C18H23N3O2/c22-18(19-8-3-9-20-12-14-23-15-13-20)16-4-6-17(7-5-16)21-10-1-2-11-21/h1-2,4-7,10-11H,3,8-9,12-15H2,(H,19,22). The maximum atomic E-state index is 12.1. The van der Waals surface area contributed by atoms with Gasteiger partial charge >= 0.3 is 0 Å². The molecule has 0 unspecified atom stereocenters. The predicted octanol–water partition coefficient (Wildman–Crippen LogP) is 1.93. The Hall–Kier alpha value is -2.11. The van der Waals surface area contributed by atoms with E-state index in [0.29, 0.717) is 12.1 Å². The van der Waals surface area contributed by atoms with Gasteiger partial charge < -0.3 is 14.6 Å². The lowest BCUT2D eigenvalue weighted by Gasteiger charge is -2.26. The van der Waals surface area contributed by atoms with Crippen LogP contribution in [0.25, 0.3) is 5.69 Å². The molecular formula is C18H23N3O2. The number of carbonyl (C=O) groups is 1. The molecule has 1 aliphatic heterocycles. The Morgan fingerprint density at radius 3 is 2.48 bits per heavy atom. The van der Waals surface area contributed by atoms with Crippen LogP contribution in [0.4, 0.5) is 0 Å². The summed E-state index contributed by atoms with van der Waals surface area (Å²) in [6, 6.07) is 11.6. The fourth-order valence-corrected chi connectivity index (χ4v) is 2.72. The molecule has 1 aliphatic rings. The van der Waals surface area contributed by atoms with E-state index in [1.807, 2.05) is 53.4 Å². The summed E-state index contributed by atoms with van der Waals surface area (Å²) in [5, 5.41) is 2.99. The highest BCUT2D eigenvalue weighted by Gasteiger charge is 2.10. The van der Waals surface area contributed by atoms with Gasteiger partial charge in [-0.05, 0) is 49.4 Å². The predicted molar refractivity (Wildman–Crippen MR) is 90.0 cm³/mol. The van der Waals surface area contributed by atoms with Crippen LogP contribution in [0.2, 0.25) is 0 Å². The summed E-state index contributed by atoms with van der Waals surface area (Å²) in [5.74, 6) is -0.00830. The molecule has 5 heteroatoms. The second-order valence-corrected chi connectivity index (χ2v) is 5.70. The maximum Gasteiger partial charge on any atom is 0.251 e. The first-order valence-electron chi connectivity index (χ1n) is 8.15. The van der Waals surface area contributed by atoms with E-state index in [4.69, 9.17) is 4.74 Å². The molecule has 0 atom stereocenters. The average molecular weight is 313 g/mol. The average Bonchev–Trinajstić information content (AvgIpc) is 3.14. The smallest absolute Gasteiger partial charge is 0.251 e. The van der Waals surface area contributed by atoms with Crippen LogP contribution < -0.4 is 5.32 Å². The maximum absolute atomic E-state index is 12.1. The third-order valence-corrected chi connectivity index (χ3v) is 4.07. The Bertz CT molecular complexity index is 602. The van der Waals surface area contributed by atoms with Gasteiger partial charge in [-0.2, -0.15) is 0 Å². The topological polar surface area (TPSA) is 46.5 Å². The van der Waals surface area contributed by atoms with Gasteiger partial charge in [-0.15, -0.1) is 0 Å². The van der Waals surface area contributed by atoms with E-state index in [0.717, 1.165) is 45.0 Å². The monoisotopic (exact) mass is 313 g/mol. The number of carbonyl (C=O) groups excluding carboxylic acids is 1. The van der Waals surface area contributed by atoms with E-state index in [-0.39, 0.29) is 5.91 Å². The summed E-state index contributed by atoms with van der Waals surface area (Å²) < 4.78 is 7.34. The number of hydrogen-bond donors (Lipinski definition) is 1. The Kier molecular flexibility index (Phi) is 5.45. The van der Waals surface area contributed by atoms with E-state index in [9.17, 15) is 4.79 Å². The summed E-state index contributed by atoms with van der Waals surface area (Å²) in [6.45, 7) is 5.34. The van der Waals surface area contributed by atoms with Crippen LogP contribution in [-0.4, -0.2) is 54.8 Å². The van der Waals surface area contributed by atoms with Crippen molar-refractivity contribution in [2.24, 2.45) is 0 Å². The minimum atomic E-state index is -0.00830. The van der Waals surface area contributed by atoms with Crippen LogP contribution in [0, 0.1) is 0 Å². The Labute approximate surface area is 136 Å². The van der Waals surface area contributed by atoms with Gasteiger partial charge in [0.15, 0.2) is 0 Å². The van der Waals surface area contributed by atoms with Crippen molar-refractivity contribution in [3.05, 3.63) is 54.4 Å². The first kappa shape index (κ1) is 15.8. The molecule has 0 spiro atoms. The molecule has 1 aromatic carbocycles. The second-order valence-electron chi connectivity index (χ2n) is 5.70. The zero-order chi connectivity index (χ0) is 15.9. The number of nitrogens with zero attached hydrogens (tertiary/aromatic N) is 2. The van der Waals surface area contributed by atoms with Gasteiger partial charge in [0.1, 0.15) is 0 Å². The molecule has 0 aliphatic carbocycles. The molecule has 0 bridgehead atoms. The van der Waals surface area contributed by atoms with Gasteiger partial charge in [0, 0.05) is 43.3 Å². The van der Waals surface area contributed by atoms with E-state index in [1.54, 1.807) is 0 Å². The first-order valence-corrected chi connectivity index (χ1v) is 8.15. The molecule has 1 aromatic heterocycles. The highest BCUT2D eigenvalue weighted by molar-refractivity contribution is 5.94. The van der Waals surface area contributed by atoms with Crippen molar-refractivity contribution in [2.45, 2.75) is 6.42 Å². The van der Waals surface area contributed by atoms with E-state index in [2.05, 4.69) is 10.2 Å². The van der Waals surface area contributed by atoms with Gasteiger partial charge in [-0.3, -0.25) is 9.69 Å². The third kappa shape index (κ3) is 4.43. The first-order chi connectivity index (χ1) is 11.3. The molecular weight excluding hydrogens is 290 g/mol. The van der Waals surface area contributed by atoms with Gasteiger partial charge in [0.2, 0.25) is 0 Å². The normalized spacial score (nSPS) is 15.5. The van der Waals surface area contributed by atoms with Crippen LogP contribution in [0.5, 0.6) is 0 Å². The van der Waals surface area contributed by atoms with Crippen LogP contribution >= 0.6 is 0 Å². The number of nitrogens with one attached hydrogen (secondary N) is 1. The van der Waals surface area contributed by atoms with E-state index < -0.39 is 0 Å². The number of aromatic nitrogens is 1. The van der Waals surface area contributed by atoms with Crippen LogP contribution in [0.1, 0.15) is 16.8 Å². The quantitative estimate of drug-likeness (QED) is 0.829. The summed E-state index contributed by atoms with van der Waals surface area (Å²) in [4.78, 5) is 14.5. The van der Waals surface area contributed by atoms with E-state index >= 15 is 0 Å². The number of ether oxygens (including phenoxy) is 1. The van der Waals surface area contributed by atoms with Crippen LogP contribution in [-0.2, 0) is 4.74 Å². The minimum Gasteiger partial charge on any atom is -0.379 e. The van der Waals surface area contributed by atoms with Crippen molar-refractivity contribution < 1.29 is 9.53 Å². The molecule has 1 saturated heterocycles. The van der Waals surface area contributed by atoms with Crippen molar-refractivity contribution >= 4 is 5.91 Å². The Morgan fingerprint density at radius 2 is 1.78 bits per heavy atom. The second kappa shape index (κ2) is 7.94. The molecule has 0 radical (unpaired) electrons. The lowest BCUT2D eigenvalue weighted by molar-refractivity contribution is 0.0374. The third-order valence-electron chi connectivity index (χ3n) is 4.07. The lowest BCUT2D eigenvalue weighted by atomic mass is 10.2. The Morgan fingerprint density at radius 1 is 1.09 bits per heavy atom. The van der Waals surface area contributed by atoms with Gasteiger partial charge in [-0.25, -0.2) is 0 Å². The summed E-state index contributed by atoms with van der Waals surface area (Å²) in [6.07, 6.45) is 4.94. The van der Waals surface area contributed by atoms with Gasteiger partial charge in [0.25, 0.3) is 5.91 Å². The largest absolute Gasteiger partial charge is 0.379 e. The zero-order valence-electron chi connectivity index (χ0n) is 13.3. The summed E-state index contributed by atoms with van der Waals surface area (Å²) in [5.41, 5.74) is 1.76. The van der Waals surface area contributed by atoms with Crippen LogP contribution in [0.15, 0.2) is 48.8 Å². The molecule has 5 nitrogen and oxygen atoms in total.